The highest BCUT2D eigenvalue weighted by Crippen LogP contribution is 2.22. The van der Waals surface area contributed by atoms with Gasteiger partial charge in [-0.25, -0.2) is 17.6 Å². The summed E-state index contributed by atoms with van der Waals surface area (Å²) >= 11 is 0. The van der Waals surface area contributed by atoms with E-state index in [2.05, 4.69) is 10.4 Å². The highest BCUT2D eigenvalue weighted by Gasteiger charge is 2.20. The summed E-state index contributed by atoms with van der Waals surface area (Å²) in [7, 11) is 0. The van der Waals surface area contributed by atoms with Gasteiger partial charge in [0.1, 0.15) is 29.7 Å². The van der Waals surface area contributed by atoms with Gasteiger partial charge < -0.3 is 19.2 Å². The van der Waals surface area contributed by atoms with Crippen molar-refractivity contribution in [1.82, 2.24) is 9.78 Å². The molecule has 0 bridgehead atoms. The molecule has 1 N–H and O–H groups in total. The number of rotatable bonds is 9. The SMILES string of the molecule is CCOc1ccc(OCc2ccc(C(=O)Nc3cnn(Cc4c(F)cc(F)c(F)c4F)c3)o2)cc1. The Balaban J connectivity index is 1.34. The Morgan fingerprint density at radius 1 is 1.00 bits per heavy atom. The lowest BCUT2D eigenvalue weighted by atomic mass is 10.2. The van der Waals surface area contributed by atoms with Crippen molar-refractivity contribution in [3.63, 3.8) is 0 Å². The van der Waals surface area contributed by atoms with Gasteiger partial charge >= 0.3 is 0 Å². The fraction of sp³-hybridized carbons (Fsp3) is 0.167. The zero-order valence-corrected chi connectivity index (χ0v) is 18.4. The summed E-state index contributed by atoms with van der Waals surface area (Å²) in [5.74, 6) is -5.16. The van der Waals surface area contributed by atoms with Gasteiger partial charge in [-0.1, -0.05) is 0 Å². The first-order chi connectivity index (χ1) is 16.8. The summed E-state index contributed by atoms with van der Waals surface area (Å²) in [6, 6.07) is 10.3. The first-order valence-electron chi connectivity index (χ1n) is 10.4. The predicted octanol–water partition coefficient (Wildman–Crippen LogP) is 5.31. The third-order valence-corrected chi connectivity index (χ3v) is 4.82. The van der Waals surface area contributed by atoms with E-state index in [1.807, 2.05) is 6.92 Å². The van der Waals surface area contributed by atoms with Gasteiger partial charge in [-0.2, -0.15) is 5.10 Å². The summed E-state index contributed by atoms with van der Waals surface area (Å²) in [6.07, 6.45) is 2.50. The molecule has 0 aliphatic carbocycles. The number of furan rings is 1. The highest BCUT2D eigenvalue weighted by molar-refractivity contribution is 6.02. The smallest absolute Gasteiger partial charge is 0.291 e. The van der Waals surface area contributed by atoms with Crippen LogP contribution in [0.2, 0.25) is 0 Å². The summed E-state index contributed by atoms with van der Waals surface area (Å²) in [5.41, 5.74) is -0.505. The van der Waals surface area contributed by atoms with Gasteiger partial charge in [0.2, 0.25) is 0 Å². The molecule has 4 aromatic rings. The summed E-state index contributed by atoms with van der Waals surface area (Å²) in [5, 5.41) is 6.40. The monoisotopic (exact) mass is 489 g/mol. The Hall–Kier alpha value is -4.28. The van der Waals surface area contributed by atoms with Crippen LogP contribution in [-0.2, 0) is 13.2 Å². The van der Waals surface area contributed by atoms with Crippen LogP contribution in [0.15, 0.2) is 59.3 Å². The number of nitrogens with one attached hydrogen (secondary N) is 1. The van der Waals surface area contributed by atoms with E-state index in [9.17, 15) is 22.4 Å². The molecule has 182 valence electrons. The van der Waals surface area contributed by atoms with Crippen molar-refractivity contribution in [2.45, 2.75) is 20.1 Å². The number of nitrogens with zero attached hydrogens (tertiary/aromatic N) is 2. The van der Waals surface area contributed by atoms with Crippen molar-refractivity contribution in [3.8, 4) is 11.5 Å². The molecule has 11 heteroatoms. The molecular formula is C24H19F4N3O4. The lowest BCUT2D eigenvalue weighted by molar-refractivity contribution is 0.0992. The Morgan fingerprint density at radius 3 is 2.43 bits per heavy atom. The largest absolute Gasteiger partial charge is 0.494 e. The number of hydrogen-bond acceptors (Lipinski definition) is 5. The number of anilines is 1. The quantitative estimate of drug-likeness (QED) is 0.196. The molecule has 2 aromatic heterocycles. The zero-order valence-electron chi connectivity index (χ0n) is 18.4. The van der Waals surface area contributed by atoms with E-state index in [0.717, 1.165) is 10.4 Å². The van der Waals surface area contributed by atoms with Crippen LogP contribution in [0, 0.1) is 23.3 Å². The lowest BCUT2D eigenvalue weighted by Crippen LogP contribution is -2.11. The van der Waals surface area contributed by atoms with E-state index in [-0.39, 0.29) is 24.1 Å². The van der Waals surface area contributed by atoms with Gasteiger partial charge in [0.05, 0.1) is 25.0 Å². The Labute approximate surface area is 196 Å². The zero-order chi connectivity index (χ0) is 24.9. The van der Waals surface area contributed by atoms with Gasteiger partial charge in [-0.05, 0) is 43.3 Å². The summed E-state index contributed by atoms with van der Waals surface area (Å²) in [6.45, 7) is 2.02. The second-order valence-electron chi connectivity index (χ2n) is 7.29. The van der Waals surface area contributed by atoms with Gasteiger partial charge in [0.25, 0.3) is 5.91 Å². The number of ether oxygens (including phenoxy) is 2. The summed E-state index contributed by atoms with van der Waals surface area (Å²) < 4.78 is 71.8. The van der Waals surface area contributed by atoms with E-state index >= 15 is 0 Å². The molecule has 0 radical (unpaired) electrons. The molecule has 0 unspecified atom stereocenters. The third kappa shape index (κ3) is 5.62. The first-order valence-corrected chi connectivity index (χ1v) is 10.4. The molecule has 2 heterocycles. The predicted molar refractivity (Wildman–Crippen MR) is 116 cm³/mol. The highest BCUT2D eigenvalue weighted by atomic mass is 19.2. The lowest BCUT2D eigenvalue weighted by Gasteiger charge is -2.07. The standard InChI is InChI=1S/C24H19F4N3O4/c1-2-33-15-3-5-16(6-4-15)34-13-17-7-8-21(35-17)24(32)30-14-10-29-31(11-14)12-18-19(25)9-20(26)23(28)22(18)27/h3-11H,2,12-13H2,1H3,(H,30,32). The second kappa shape index (κ2) is 10.3. The number of carbonyl (C=O) groups is 1. The van der Waals surface area contributed by atoms with Crippen LogP contribution < -0.4 is 14.8 Å². The Morgan fingerprint density at radius 2 is 1.71 bits per heavy atom. The minimum absolute atomic E-state index is 0.000684. The number of aromatic nitrogens is 2. The molecule has 0 saturated carbocycles. The maximum absolute atomic E-state index is 13.9. The van der Waals surface area contributed by atoms with Crippen molar-refractivity contribution in [1.29, 1.82) is 0 Å². The molecule has 2 aromatic carbocycles. The molecular weight excluding hydrogens is 470 g/mol. The first kappa shape index (κ1) is 23.9. The topological polar surface area (TPSA) is 78.5 Å². The second-order valence-corrected chi connectivity index (χ2v) is 7.29. The van der Waals surface area contributed by atoms with Crippen molar-refractivity contribution in [2.75, 3.05) is 11.9 Å². The van der Waals surface area contributed by atoms with Crippen molar-refractivity contribution >= 4 is 11.6 Å². The number of benzene rings is 2. The molecule has 4 rings (SSSR count). The maximum atomic E-state index is 13.9. The molecule has 0 saturated heterocycles. The van der Waals surface area contributed by atoms with Gasteiger partial charge in [-0.15, -0.1) is 0 Å². The number of carbonyl (C=O) groups excluding carboxylic acids is 1. The molecule has 35 heavy (non-hydrogen) atoms. The van der Waals surface area contributed by atoms with E-state index < -0.39 is 41.3 Å². The van der Waals surface area contributed by atoms with Crippen LogP contribution in [0.4, 0.5) is 23.2 Å². The average molecular weight is 489 g/mol. The number of amides is 1. The van der Waals surface area contributed by atoms with Crippen LogP contribution in [0.3, 0.4) is 0 Å². The van der Waals surface area contributed by atoms with Crippen LogP contribution >= 0.6 is 0 Å². The maximum Gasteiger partial charge on any atom is 0.291 e. The molecule has 0 aliphatic rings. The molecule has 0 aliphatic heterocycles. The normalized spacial score (nSPS) is 10.9. The van der Waals surface area contributed by atoms with E-state index in [1.165, 1.54) is 18.5 Å². The average Bonchev–Trinajstić information content (AvgIpc) is 3.50. The molecule has 1 amide bonds. The van der Waals surface area contributed by atoms with E-state index in [0.29, 0.717) is 18.1 Å². The number of hydrogen-bond donors (Lipinski definition) is 1. The van der Waals surface area contributed by atoms with Crippen molar-refractivity contribution in [2.24, 2.45) is 0 Å². The molecule has 0 fully saturated rings. The molecule has 0 atom stereocenters. The van der Waals surface area contributed by atoms with Crippen molar-refractivity contribution in [3.05, 3.63) is 95.2 Å². The van der Waals surface area contributed by atoms with E-state index in [4.69, 9.17) is 13.9 Å². The summed E-state index contributed by atoms with van der Waals surface area (Å²) in [4.78, 5) is 12.5. The molecule has 0 spiro atoms. The Kier molecular flexibility index (Phi) is 7.04. The van der Waals surface area contributed by atoms with Crippen molar-refractivity contribution < 1.29 is 36.2 Å². The number of halogens is 4. The minimum Gasteiger partial charge on any atom is -0.494 e. The van der Waals surface area contributed by atoms with Crippen LogP contribution in [-0.4, -0.2) is 22.3 Å². The van der Waals surface area contributed by atoms with Crippen LogP contribution in [0.25, 0.3) is 0 Å². The fourth-order valence-corrected chi connectivity index (χ4v) is 3.15. The van der Waals surface area contributed by atoms with Gasteiger partial charge in [-0.3, -0.25) is 9.48 Å². The van der Waals surface area contributed by atoms with Gasteiger partial charge in [0.15, 0.2) is 23.2 Å². The molecule has 7 nitrogen and oxygen atoms in total. The minimum atomic E-state index is -1.78. The van der Waals surface area contributed by atoms with Crippen LogP contribution in [0.1, 0.15) is 28.8 Å². The Bertz CT molecular complexity index is 1340. The third-order valence-electron chi connectivity index (χ3n) is 4.82. The van der Waals surface area contributed by atoms with Crippen LogP contribution in [0.5, 0.6) is 11.5 Å². The van der Waals surface area contributed by atoms with Gasteiger partial charge in [0, 0.05) is 17.8 Å². The fourth-order valence-electron chi connectivity index (χ4n) is 3.15. The van der Waals surface area contributed by atoms with E-state index in [1.54, 1.807) is 30.3 Å².